The summed E-state index contributed by atoms with van der Waals surface area (Å²) in [4.78, 5) is 2.36. The number of alkyl halides is 1. The van der Waals surface area contributed by atoms with E-state index >= 15 is 0 Å². The highest BCUT2D eigenvalue weighted by Crippen LogP contribution is 2.23. The summed E-state index contributed by atoms with van der Waals surface area (Å²) in [6.45, 7) is 10.1. The monoisotopic (exact) mass is 291 g/mol. The quantitative estimate of drug-likeness (QED) is 0.683. The van der Waals surface area contributed by atoms with Crippen LogP contribution in [0, 0.1) is 0 Å². The molecule has 0 amide bonds. The van der Waals surface area contributed by atoms with Crippen LogP contribution in [-0.2, 0) is 19.5 Å². The molecule has 1 rings (SSSR count). The minimum Gasteiger partial charge on any atom is -0.298 e. The van der Waals surface area contributed by atoms with Crippen LogP contribution in [0.15, 0.2) is 0 Å². The van der Waals surface area contributed by atoms with E-state index < -0.39 is 0 Å². The minimum absolute atomic E-state index is 0.706. The number of aryl methyl sites for hydroxylation is 2. The van der Waals surface area contributed by atoms with Crippen molar-refractivity contribution in [1.82, 2.24) is 14.7 Å². The Bertz CT molecular complexity index is 363. The van der Waals surface area contributed by atoms with Gasteiger partial charge in [-0.25, -0.2) is 0 Å². The summed E-state index contributed by atoms with van der Waals surface area (Å²) in [5, 5.41) is 5.38. The van der Waals surface area contributed by atoms with Crippen LogP contribution in [0.25, 0.3) is 0 Å². The van der Waals surface area contributed by atoms with Crippen molar-refractivity contribution in [2.24, 2.45) is 0 Å². The largest absolute Gasteiger partial charge is 0.298 e. The van der Waals surface area contributed by atoms with Crippen molar-refractivity contribution in [2.45, 2.75) is 46.7 Å². The highest BCUT2D eigenvalue weighted by molar-refractivity contribution is 6.31. The van der Waals surface area contributed by atoms with E-state index in [0.717, 1.165) is 55.4 Å². The molecular formula is C13H23Cl2N3. The number of hydrogen-bond donors (Lipinski definition) is 0. The first-order valence-corrected chi connectivity index (χ1v) is 7.61. The highest BCUT2D eigenvalue weighted by atomic mass is 35.5. The molecule has 0 fully saturated rings. The van der Waals surface area contributed by atoms with E-state index in [1.165, 1.54) is 0 Å². The standard InChI is InChI=1S/C13H23Cl2N3/c1-4-11-13(15)12(18(6-3)16-11)10-17(5-2)9-7-8-14/h4-10H2,1-3H3. The van der Waals surface area contributed by atoms with Crippen LogP contribution in [0.2, 0.25) is 5.02 Å². The SMILES string of the molecule is CCc1nn(CC)c(CN(CC)CCCCl)c1Cl. The molecule has 1 heterocycles. The lowest BCUT2D eigenvalue weighted by Crippen LogP contribution is -2.26. The van der Waals surface area contributed by atoms with Gasteiger partial charge < -0.3 is 0 Å². The van der Waals surface area contributed by atoms with Gasteiger partial charge in [0.2, 0.25) is 0 Å². The van der Waals surface area contributed by atoms with Crippen molar-refractivity contribution >= 4 is 23.2 Å². The van der Waals surface area contributed by atoms with Gasteiger partial charge in [-0.05, 0) is 32.9 Å². The molecule has 0 bridgehead atoms. The van der Waals surface area contributed by atoms with Crippen molar-refractivity contribution in [3.8, 4) is 0 Å². The molecule has 1 aromatic rings. The zero-order chi connectivity index (χ0) is 13.5. The molecule has 0 aliphatic rings. The van der Waals surface area contributed by atoms with Gasteiger partial charge in [0.25, 0.3) is 0 Å². The maximum atomic E-state index is 6.41. The summed E-state index contributed by atoms with van der Waals surface area (Å²) in [7, 11) is 0. The molecule has 18 heavy (non-hydrogen) atoms. The third-order valence-electron chi connectivity index (χ3n) is 3.12. The fourth-order valence-corrected chi connectivity index (χ4v) is 2.46. The molecule has 0 N–H and O–H groups in total. The molecule has 0 aliphatic carbocycles. The molecule has 3 nitrogen and oxygen atoms in total. The number of hydrogen-bond acceptors (Lipinski definition) is 2. The zero-order valence-corrected chi connectivity index (χ0v) is 13.1. The Kier molecular flexibility index (Phi) is 7.05. The Balaban J connectivity index is 2.83. The molecule has 5 heteroatoms. The maximum Gasteiger partial charge on any atom is 0.0863 e. The van der Waals surface area contributed by atoms with Crippen LogP contribution in [0.5, 0.6) is 0 Å². The van der Waals surface area contributed by atoms with Crippen molar-refractivity contribution in [3.05, 3.63) is 16.4 Å². The summed E-state index contributed by atoms with van der Waals surface area (Å²) in [6.07, 6.45) is 1.89. The normalized spacial score (nSPS) is 11.4. The Labute approximate surface area is 120 Å². The number of halogens is 2. The average molecular weight is 292 g/mol. The van der Waals surface area contributed by atoms with Crippen molar-refractivity contribution < 1.29 is 0 Å². The van der Waals surface area contributed by atoms with Gasteiger partial charge >= 0.3 is 0 Å². The third kappa shape index (κ3) is 3.87. The van der Waals surface area contributed by atoms with Gasteiger partial charge in [0.1, 0.15) is 0 Å². The van der Waals surface area contributed by atoms with Gasteiger partial charge in [-0.1, -0.05) is 25.4 Å². The van der Waals surface area contributed by atoms with E-state index in [9.17, 15) is 0 Å². The average Bonchev–Trinajstić information content (AvgIpc) is 2.70. The Morgan fingerprint density at radius 1 is 1.28 bits per heavy atom. The van der Waals surface area contributed by atoms with Crippen molar-refractivity contribution in [3.63, 3.8) is 0 Å². The third-order valence-corrected chi connectivity index (χ3v) is 3.83. The van der Waals surface area contributed by atoms with Crippen LogP contribution in [0.4, 0.5) is 0 Å². The van der Waals surface area contributed by atoms with Crippen molar-refractivity contribution in [2.75, 3.05) is 19.0 Å². The lowest BCUT2D eigenvalue weighted by Gasteiger charge is -2.20. The Morgan fingerprint density at radius 3 is 2.50 bits per heavy atom. The van der Waals surface area contributed by atoms with Gasteiger partial charge in [0.15, 0.2) is 0 Å². The summed E-state index contributed by atoms with van der Waals surface area (Å²) in [5.74, 6) is 0.706. The Morgan fingerprint density at radius 2 is 2.00 bits per heavy atom. The van der Waals surface area contributed by atoms with Gasteiger partial charge in [0, 0.05) is 19.0 Å². The van der Waals surface area contributed by atoms with Crippen LogP contribution in [0.3, 0.4) is 0 Å². The number of aromatic nitrogens is 2. The van der Waals surface area contributed by atoms with E-state index in [2.05, 4.69) is 30.8 Å². The first kappa shape index (κ1) is 15.8. The molecule has 104 valence electrons. The molecule has 0 saturated carbocycles. The maximum absolute atomic E-state index is 6.41. The lowest BCUT2D eigenvalue weighted by atomic mass is 10.2. The predicted molar refractivity (Wildman–Crippen MR) is 78.6 cm³/mol. The molecule has 0 radical (unpaired) electrons. The lowest BCUT2D eigenvalue weighted by molar-refractivity contribution is 0.272. The molecule has 0 saturated heterocycles. The number of rotatable bonds is 8. The minimum atomic E-state index is 0.706. The van der Waals surface area contributed by atoms with Crippen LogP contribution >= 0.6 is 23.2 Å². The second kappa shape index (κ2) is 8.03. The van der Waals surface area contributed by atoms with E-state index in [1.807, 2.05) is 4.68 Å². The van der Waals surface area contributed by atoms with Gasteiger partial charge in [-0.3, -0.25) is 9.58 Å². The summed E-state index contributed by atoms with van der Waals surface area (Å²) >= 11 is 12.2. The van der Waals surface area contributed by atoms with E-state index in [-0.39, 0.29) is 0 Å². The zero-order valence-electron chi connectivity index (χ0n) is 11.5. The van der Waals surface area contributed by atoms with Crippen LogP contribution < -0.4 is 0 Å². The molecule has 0 unspecified atom stereocenters. The molecule has 1 aromatic heterocycles. The van der Waals surface area contributed by atoms with Gasteiger partial charge in [-0.15, -0.1) is 11.6 Å². The summed E-state index contributed by atoms with van der Waals surface area (Å²) in [5.41, 5.74) is 2.13. The molecule has 0 aliphatic heterocycles. The van der Waals surface area contributed by atoms with E-state index in [4.69, 9.17) is 23.2 Å². The van der Waals surface area contributed by atoms with Gasteiger partial charge in [-0.2, -0.15) is 5.10 Å². The van der Waals surface area contributed by atoms with Gasteiger partial charge in [0.05, 0.1) is 16.4 Å². The molecule has 0 atom stereocenters. The summed E-state index contributed by atoms with van der Waals surface area (Å²) in [6, 6.07) is 0. The fraction of sp³-hybridized carbons (Fsp3) is 0.769. The van der Waals surface area contributed by atoms with E-state index in [0.29, 0.717) is 5.88 Å². The first-order chi connectivity index (χ1) is 8.67. The van der Waals surface area contributed by atoms with Crippen LogP contribution in [0.1, 0.15) is 38.6 Å². The number of nitrogens with zero attached hydrogens (tertiary/aromatic N) is 3. The molecule has 0 spiro atoms. The summed E-state index contributed by atoms with van der Waals surface area (Å²) < 4.78 is 2.02. The Hall–Kier alpha value is -0.250. The molecular weight excluding hydrogens is 269 g/mol. The first-order valence-electron chi connectivity index (χ1n) is 6.70. The highest BCUT2D eigenvalue weighted by Gasteiger charge is 2.16. The second-order valence-electron chi connectivity index (χ2n) is 4.29. The smallest absolute Gasteiger partial charge is 0.0863 e. The molecule has 0 aromatic carbocycles. The van der Waals surface area contributed by atoms with E-state index in [1.54, 1.807) is 0 Å². The topological polar surface area (TPSA) is 21.1 Å². The second-order valence-corrected chi connectivity index (χ2v) is 5.04. The van der Waals surface area contributed by atoms with Crippen molar-refractivity contribution in [1.29, 1.82) is 0 Å². The van der Waals surface area contributed by atoms with Crippen LogP contribution in [-0.4, -0.2) is 33.6 Å². The fourth-order valence-electron chi connectivity index (χ4n) is 2.01. The predicted octanol–water partition coefficient (Wildman–Crippen LogP) is 3.57.